The predicted octanol–water partition coefficient (Wildman–Crippen LogP) is 2.73. The molecule has 0 amide bonds. The molecule has 0 bridgehead atoms. The van der Waals surface area contributed by atoms with E-state index in [-0.39, 0.29) is 5.82 Å². The minimum absolute atomic E-state index is 0.184. The topological polar surface area (TPSA) is 21.3 Å². The van der Waals surface area contributed by atoms with Crippen molar-refractivity contribution in [1.29, 1.82) is 0 Å². The molecule has 0 aliphatic heterocycles. The molecule has 1 rings (SSSR count). The fraction of sp³-hybridized carbons (Fsp3) is 0.538. The van der Waals surface area contributed by atoms with Crippen molar-refractivity contribution in [2.75, 3.05) is 19.8 Å². The lowest BCUT2D eigenvalue weighted by molar-refractivity contribution is 0.132. The van der Waals surface area contributed by atoms with Crippen LogP contribution in [0.1, 0.15) is 25.3 Å². The Labute approximate surface area is 96.8 Å². The van der Waals surface area contributed by atoms with Gasteiger partial charge in [0.1, 0.15) is 5.82 Å². The molecule has 0 aliphatic rings. The fourth-order valence-electron chi connectivity index (χ4n) is 1.38. The maximum atomic E-state index is 12.6. The maximum Gasteiger partial charge on any atom is 0.123 e. The Hall–Kier alpha value is -0.930. The number of halogens is 1. The zero-order valence-corrected chi connectivity index (χ0v) is 9.84. The van der Waals surface area contributed by atoms with Crippen LogP contribution >= 0.6 is 0 Å². The third kappa shape index (κ3) is 5.83. The van der Waals surface area contributed by atoms with Gasteiger partial charge in [-0.25, -0.2) is 4.39 Å². The molecular weight excluding hydrogens is 205 g/mol. The summed E-state index contributed by atoms with van der Waals surface area (Å²) in [5, 5.41) is 3.30. The number of ether oxygens (including phenoxy) is 1. The molecule has 90 valence electrons. The van der Waals surface area contributed by atoms with E-state index in [4.69, 9.17) is 4.74 Å². The Balaban J connectivity index is 2.01. The highest BCUT2D eigenvalue weighted by Gasteiger charge is 1.93. The van der Waals surface area contributed by atoms with Gasteiger partial charge in [-0.3, -0.25) is 0 Å². The van der Waals surface area contributed by atoms with E-state index in [1.807, 2.05) is 0 Å². The molecule has 16 heavy (non-hydrogen) atoms. The van der Waals surface area contributed by atoms with Crippen LogP contribution in [0.3, 0.4) is 0 Å². The summed E-state index contributed by atoms with van der Waals surface area (Å²) in [4.78, 5) is 0. The summed E-state index contributed by atoms with van der Waals surface area (Å²) in [6.07, 6.45) is 2.09. The second kappa shape index (κ2) is 8.25. The Bertz CT molecular complexity index is 274. The molecule has 0 fully saturated rings. The van der Waals surface area contributed by atoms with Gasteiger partial charge in [-0.1, -0.05) is 19.1 Å². The van der Waals surface area contributed by atoms with Crippen molar-refractivity contribution in [2.24, 2.45) is 0 Å². The SMILES string of the molecule is CCCOCCCNCc1ccc(F)cc1. The van der Waals surface area contributed by atoms with E-state index >= 15 is 0 Å². The first-order chi connectivity index (χ1) is 7.83. The standard InChI is InChI=1S/C13H20FNO/c1-2-9-16-10-3-8-15-11-12-4-6-13(14)7-5-12/h4-7,15H,2-3,8-11H2,1H3. The van der Waals surface area contributed by atoms with Gasteiger partial charge in [-0.05, 0) is 37.1 Å². The second-order valence-electron chi connectivity index (χ2n) is 3.77. The Morgan fingerprint density at radius 1 is 1.19 bits per heavy atom. The maximum absolute atomic E-state index is 12.6. The first kappa shape index (κ1) is 13.1. The molecule has 1 aromatic rings. The van der Waals surface area contributed by atoms with Gasteiger partial charge in [0.05, 0.1) is 0 Å². The van der Waals surface area contributed by atoms with Crippen LogP contribution < -0.4 is 5.32 Å². The molecule has 0 unspecified atom stereocenters. The smallest absolute Gasteiger partial charge is 0.123 e. The number of nitrogens with one attached hydrogen (secondary N) is 1. The van der Waals surface area contributed by atoms with Gasteiger partial charge in [-0.15, -0.1) is 0 Å². The average Bonchev–Trinajstić information content (AvgIpc) is 2.30. The summed E-state index contributed by atoms with van der Waals surface area (Å²) in [7, 11) is 0. The molecule has 0 aliphatic carbocycles. The first-order valence-corrected chi connectivity index (χ1v) is 5.86. The lowest BCUT2D eigenvalue weighted by atomic mass is 10.2. The number of benzene rings is 1. The molecule has 0 atom stereocenters. The third-order valence-corrected chi connectivity index (χ3v) is 2.23. The number of hydrogen-bond acceptors (Lipinski definition) is 2. The summed E-state index contributed by atoms with van der Waals surface area (Å²) in [5.41, 5.74) is 1.11. The number of hydrogen-bond donors (Lipinski definition) is 1. The highest BCUT2D eigenvalue weighted by molar-refractivity contribution is 5.15. The van der Waals surface area contributed by atoms with Crippen molar-refractivity contribution in [1.82, 2.24) is 5.32 Å². The first-order valence-electron chi connectivity index (χ1n) is 5.86. The van der Waals surface area contributed by atoms with E-state index in [0.29, 0.717) is 0 Å². The van der Waals surface area contributed by atoms with E-state index < -0.39 is 0 Å². The molecule has 0 saturated heterocycles. The van der Waals surface area contributed by atoms with Crippen LogP contribution in [0.15, 0.2) is 24.3 Å². The van der Waals surface area contributed by atoms with E-state index in [9.17, 15) is 4.39 Å². The zero-order valence-electron chi connectivity index (χ0n) is 9.84. The molecule has 1 aromatic carbocycles. The van der Waals surface area contributed by atoms with Crippen molar-refractivity contribution in [3.8, 4) is 0 Å². The van der Waals surface area contributed by atoms with Gasteiger partial charge in [0.15, 0.2) is 0 Å². The summed E-state index contributed by atoms with van der Waals surface area (Å²) >= 11 is 0. The van der Waals surface area contributed by atoms with Gasteiger partial charge < -0.3 is 10.1 Å². The van der Waals surface area contributed by atoms with Crippen molar-refractivity contribution in [3.05, 3.63) is 35.6 Å². The highest BCUT2D eigenvalue weighted by Crippen LogP contribution is 2.01. The van der Waals surface area contributed by atoms with Gasteiger partial charge in [0, 0.05) is 19.8 Å². The van der Waals surface area contributed by atoms with E-state index in [0.717, 1.165) is 44.7 Å². The van der Waals surface area contributed by atoms with Crippen LogP contribution in [-0.4, -0.2) is 19.8 Å². The van der Waals surface area contributed by atoms with Gasteiger partial charge >= 0.3 is 0 Å². The fourth-order valence-corrected chi connectivity index (χ4v) is 1.38. The molecule has 0 aromatic heterocycles. The minimum Gasteiger partial charge on any atom is -0.381 e. The van der Waals surface area contributed by atoms with Crippen molar-refractivity contribution in [2.45, 2.75) is 26.3 Å². The van der Waals surface area contributed by atoms with E-state index in [1.165, 1.54) is 12.1 Å². The zero-order chi connectivity index (χ0) is 11.6. The lowest BCUT2D eigenvalue weighted by Crippen LogP contribution is -2.16. The molecule has 0 radical (unpaired) electrons. The molecule has 1 N–H and O–H groups in total. The number of rotatable bonds is 8. The average molecular weight is 225 g/mol. The van der Waals surface area contributed by atoms with Crippen molar-refractivity contribution in [3.63, 3.8) is 0 Å². The largest absolute Gasteiger partial charge is 0.381 e. The summed E-state index contributed by atoms with van der Waals surface area (Å²) in [5.74, 6) is -0.184. The normalized spacial score (nSPS) is 10.6. The van der Waals surface area contributed by atoms with Crippen molar-refractivity contribution < 1.29 is 9.13 Å². The van der Waals surface area contributed by atoms with E-state index in [2.05, 4.69) is 12.2 Å². The summed E-state index contributed by atoms with van der Waals surface area (Å²) < 4.78 is 18.0. The van der Waals surface area contributed by atoms with E-state index in [1.54, 1.807) is 12.1 Å². The van der Waals surface area contributed by atoms with Crippen LogP contribution in [0.5, 0.6) is 0 Å². The van der Waals surface area contributed by atoms with Crippen LogP contribution in [0.2, 0.25) is 0 Å². The summed E-state index contributed by atoms with van der Waals surface area (Å²) in [6.45, 7) is 5.48. The van der Waals surface area contributed by atoms with Crippen LogP contribution in [0.25, 0.3) is 0 Å². The molecule has 2 nitrogen and oxygen atoms in total. The van der Waals surface area contributed by atoms with Crippen LogP contribution in [0.4, 0.5) is 4.39 Å². The van der Waals surface area contributed by atoms with Crippen LogP contribution in [-0.2, 0) is 11.3 Å². The molecule has 0 spiro atoms. The minimum atomic E-state index is -0.184. The Kier molecular flexibility index (Phi) is 6.77. The Morgan fingerprint density at radius 2 is 1.94 bits per heavy atom. The monoisotopic (exact) mass is 225 g/mol. The van der Waals surface area contributed by atoms with Gasteiger partial charge in [0.2, 0.25) is 0 Å². The quantitative estimate of drug-likeness (QED) is 0.687. The molecule has 0 saturated carbocycles. The van der Waals surface area contributed by atoms with Gasteiger partial charge in [0.25, 0.3) is 0 Å². The predicted molar refractivity (Wildman–Crippen MR) is 63.8 cm³/mol. The van der Waals surface area contributed by atoms with Crippen LogP contribution in [0, 0.1) is 5.82 Å². The highest BCUT2D eigenvalue weighted by atomic mass is 19.1. The summed E-state index contributed by atoms with van der Waals surface area (Å²) in [6, 6.07) is 6.58. The molecule has 3 heteroatoms. The lowest BCUT2D eigenvalue weighted by Gasteiger charge is -2.05. The molecular formula is C13H20FNO. The van der Waals surface area contributed by atoms with Gasteiger partial charge in [-0.2, -0.15) is 0 Å². The third-order valence-electron chi connectivity index (χ3n) is 2.23. The second-order valence-corrected chi connectivity index (χ2v) is 3.77. The Morgan fingerprint density at radius 3 is 2.62 bits per heavy atom. The van der Waals surface area contributed by atoms with Crippen molar-refractivity contribution >= 4 is 0 Å². The molecule has 0 heterocycles.